The van der Waals surface area contributed by atoms with E-state index in [1.165, 1.54) is 12.0 Å². The second-order valence-electron chi connectivity index (χ2n) is 5.49. The molecule has 1 amide bonds. The molecule has 2 fully saturated rings. The summed E-state index contributed by atoms with van der Waals surface area (Å²) in [7, 11) is 0. The first-order valence-corrected chi connectivity index (χ1v) is 7.05. The normalized spacial score (nSPS) is 26.3. The van der Waals surface area contributed by atoms with Gasteiger partial charge in [-0.1, -0.05) is 5.57 Å². The summed E-state index contributed by atoms with van der Waals surface area (Å²) in [6.45, 7) is 4.76. The van der Waals surface area contributed by atoms with Gasteiger partial charge in [0.25, 0.3) is 0 Å². The lowest BCUT2D eigenvalue weighted by atomic mass is 9.92. The Balaban J connectivity index is 1.71. The Morgan fingerprint density at radius 2 is 2.15 bits per heavy atom. The van der Waals surface area contributed by atoms with Crippen LogP contribution in [0.3, 0.4) is 0 Å². The van der Waals surface area contributed by atoms with E-state index in [1.807, 2.05) is 11.8 Å². The summed E-state index contributed by atoms with van der Waals surface area (Å²) in [5.41, 5.74) is 1.25. The van der Waals surface area contributed by atoms with Crippen molar-refractivity contribution in [3.05, 3.63) is 23.4 Å². The lowest BCUT2D eigenvalue weighted by Gasteiger charge is -2.35. The molecule has 0 spiro atoms. The topological polar surface area (TPSA) is 68.5 Å². The molecule has 6 heteroatoms. The standard InChI is InChI=1S/C14H19N3O3/c1-9-7-17(13(18)6-11-4-3-5-11)8-12(19-9)14-16-15-10(2)20-14/h6,9,12H,3-5,7-8H2,1-2H3/t9-,12-/m1/s1. The number of rotatable bonds is 2. The predicted octanol–water partition coefficient (Wildman–Crippen LogP) is 1.78. The smallest absolute Gasteiger partial charge is 0.247 e. The van der Waals surface area contributed by atoms with E-state index in [1.54, 1.807) is 13.0 Å². The molecule has 1 saturated heterocycles. The lowest BCUT2D eigenvalue weighted by Crippen LogP contribution is -2.45. The van der Waals surface area contributed by atoms with E-state index in [9.17, 15) is 4.79 Å². The zero-order valence-electron chi connectivity index (χ0n) is 11.8. The number of ether oxygens (including phenoxy) is 1. The molecule has 1 aliphatic heterocycles. The van der Waals surface area contributed by atoms with E-state index in [0.717, 1.165) is 12.8 Å². The van der Waals surface area contributed by atoms with Crippen molar-refractivity contribution in [3.63, 3.8) is 0 Å². The molecule has 1 aromatic rings. The number of allylic oxidation sites excluding steroid dienone is 1. The number of nitrogens with zero attached hydrogens (tertiary/aromatic N) is 3. The Kier molecular flexibility index (Phi) is 3.56. The second kappa shape index (κ2) is 5.36. The average Bonchev–Trinajstić information content (AvgIpc) is 2.79. The molecule has 20 heavy (non-hydrogen) atoms. The van der Waals surface area contributed by atoms with Gasteiger partial charge in [0.05, 0.1) is 12.6 Å². The van der Waals surface area contributed by atoms with Crippen LogP contribution in [-0.4, -0.2) is 40.2 Å². The van der Waals surface area contributed by atoms with Gasteiger partial charge in [0, 0.05) is 19.5 Å². The van der Waals surface area contributed by atoms with Crippen LogP contribution in [0, 0.1) is 6.92 Å². The van der Waals surface area contributed by atoms with Crippen molar-refractivity contribution >= 4 is 5.91 Å². The van der Waals surface area contributed by atoms with Crippen molar-refractivity contribution in [2.75, 3.05) is 13.1 Å². The van der Waals surface area contributed by atoms with Gasteiger partial charge in [-0.15, -0.1) is 10.2 Å². The fraction of sp³-hybridized carbons (Fsp3) is 0.643. The molecule has 2 atom stereocenters. The van der Waals surface area contributed by atoms with Crippen LogP contribution < -0.4 is 0 Å². The molecule has 108 valence electrons. The Labute approximate surface area is 117 Å². The monoisotopic (exact) mass is 277 g/mol. The maximum Gasteiger partial charge on any atom is 0.247 e. The molecular weight excluding hydrogens is 258 g/mol. The fourth-order valence-electron chi connectivity index (χ4n) is 2.50. The molecule has 0 unspecified atom stereocenters. The summed E-state index contributed by atoms with van der Waals surface area (Å²) in [6.07, 6.45) is 4.71. The molecule has 2 heterocycles. The van der Waals surface area contributed by atoms with Crippen LogP contribution >= 0.6 is 0 Å². The van der Waals surface area contributed by atoms with E-state index < -0.39 is 0 Å². The first-order chi connectivity index (χ1) is 9.61. The van der Waals surface area contributed by atoms with E-state index >= 15 is 0 Å². The highest BCUT2D eigenvalue weighted by Gasteiger charge is 2.32. The van der Waals surface area contributed by atoms with Crippen molar-refractivity contribution in [1.29, 1.82) is 0 Å². The summed E-state index contributed by atoms with van der Waals surface area (Å²) >= 11 is 0. The third-order valence-corrected chi connectivity index (χ3v) is 3.71. The van der Waals surface area contributed by atoms with Gasteiger partial charge in [0.15, 0.2) is 6.10 Å². The van der Waals surface area contributed by atoms with E-state index in [-0.39, 0.29) is 18.1 Å². The minimum absolute atomic E-state index is 0.0373. The van der Waals surface area contributed by atoms with Crippen molar-refractivity contribution in [2.45, 2.75) is 45.3 Å². The van der Waals surface area contributed by atoms with Gasteiger partial charge in [0.1, 0.15) is 0 Å². The second-order valence-corrected chi connectivity index (χ2v) is 5.49. The summed E-state index contributed by atoms with van der Waals surface area (Å²) < 4.78 is 11.2. The number of aromatic nitrogens is 2. The molecule has 1 aliphatic carbocycles. The largest absolute Gasteiger partial charge is 0.423 e. The molecule has 2 aliphatic rings. The number of hydrogen-bond donors (Lipinski definition) is 0. The van der Waals surface area contributed by atoms with Gasteiger partial charge in [-0.2, -0.15) is 0 Å². The van der Waals surface area contributed by atoms with Crippen molar-refractivity contribution in [3.8, 4) is 0 Å². The first kappa shape index (κ1) is 13.3. The molecule has 3 rings (SSSR count). The molecular formula is C14H19N3O3. The van der Waals surface area contributed by atoms with E-state index in [4.69, 9.17) is 9.15 Å². The van der Waals surface area contributed by atoms with Crippen LogP contribution in [0.5, 0.6) is 0 Å². The fourth-order valence-corrected chi connectivity index (χ4v) is 2.50. The highest BCUT2D eigenvalue weighted by Crippen LogP contribution is 2.27. The maximum atomic E-state index is 12.3. The lowest BCUT2D eigenvalue weighted by molar-refractivity contribution is -0.141. The molecule has 1 aromatic heterocycles. The molecule has 0 N–H and O–H groups in total. The number of amides is 1. The number of hydrogen-bond acceptors (Lipinski definition) is 5. The van der Waals surface area contributed by atoms with Gasteiger partial charge in [-0.25, -0.2) is 0 Å². The Morgan fingerprint density at radius 3 is 2.75 bits per heavy atom. The van der Waals surface area contributed by atoms with Crippen LogP contribution in [0.1, 0.15) is 44.1 Å². The third kappa shape index (κ3) is 2.75. The molecule has 0 aromatic carbocycles. The van der Waals surface area contributed by atoms with Crippen LogP contribution in [-0.2, 0) is 9.53 Å². The maximum absolute atomic E-state index is 12.3. The highest BCUT2D eigenvalue weighted by molar-refractivity contribution is 5.88. The summed E-state index contributed by atoms with van der Waals surface area (Å²) in [6, 6.07) is 0. The first-order valence-electron chi connectivity index (χ1n) is 7.05. The number of carbonyl (C=O) groups excluding carboxylic acids is 1. The van der Waals surface area contributed by atoms with Crippen molar-refractivity contribution < 1.29 is 13.9 Å². The van der Waals surface area contributed by atoms with Gasteiger partial charge in [-0.3, -0.25) is 4.79 Å². The minimum Gasteiger partial charge on any atom is -0.423 e. The highest BCUT2D eigenvalue weighted by atomic mass is 16.5. The quantitative estimate of drug-likeness (QED) is 0.771. The molecule has 1 saturated carbocycles. The van der Waals surface area contributed by atoms with Crippen LogP contribution in [0.2, 0.25) is 0 Å². The summed E-state index contributed by atoms with van der Waals surface area (Å²) in [5.74, 6) is 1.02. The number of carbonyl (C=O) groups is 1. The Bertz CT molecular complexity index is 532. The van der Waals surface area contributed by atoms with Crippen molar-refractivity contribution in [1.82, 2.24) is 15.1 Å². The van der Waals surface area contributed by atoms with Gasteiger partial charge < -0.3 is 14.1 Å². The van der Waals surface area contributed by atoms with Crippen LogP contribution in [0.25, 0.3) is 0 Å². The SMILES string of the molecule is Cc1nnc([C@H]2CN(C(=O)C=C3CCC3)C[C@@H](C)O2)o1. The number of morpholine rings is 1. The Hall–Kier alpha value is -1.69. The van der Waals surface area contributed by atoms with Gasteiger partial charge in [0.2, 0.25) is 17.7 Å². The Morgan fingerprint density at radius 1 is 1.35 bits per heavy atom. The van der Waals surface area contributed by atoms with Gasteiger partial charge in [-0.05, 0) is 26.2 Å². The zero-order chi connectivity index (χ0) is 14.1. The predicted molar refractivity (Wildman–Crippen MR) is 70.8 cm³/mol. The zero-order valence-corrected chi connectivity index (χ0v) is 11.8. The molecule has 0 radical (unpaired) electrons. The van der Waals surface area contributed by atoms with E-state index in [0.29, 0.717) is 24.9 Å². The molecule has 6 nitrogen and oxygen atoms in total. The van der Waals surface area contributed by atoms with Crippen LogP contribution in [0.15, 0.2) is 16.1 Å². The summed E-state index contributed by atoms with van der Waals surface area (Å²) in [5, 5.41) is 7.81. The van der Waals surface area contributed by atoms with Crippen molar-refractivity contribution in [2.24, 2.45) is 0 Å². The van der Waals surface area contributed by atoms with Gasteiger partial charge >= 0.3 is 0 Å². The summed E-state index contributed by atoms with van der Waals surface area (Å²) in [4.78, 5) is 14.1. The third-order valence-electron chi connectivity index (χ3n) is 3.71. The minimum atomic E-state index is -0.330. The average molecular weight is 277 g/mol. The number of aryl methyl sites for hydroxylation is 1. The van der Waals surface area contributed by atoms with E-state index in [2.05, 4.69) is 10.2 Å². The molecule has 0 bridgehead atoms. The van der Waals surface area contributed by atoms with Crippen LogP contribution in [0.4, 0.5) is 0 Å².